The smallest absolute Gasteiger partial charge is 0.212 e. The van der Waals surface area contributed by atoms with Gasteiger partial charge in [0.05, 0.1) is 5.75 Å². The molecule has 3 nitrogen and oxygen atoms in total. The molecule has 1 saturated heterocycles. The summed E-state index contributed by atoms with van der Waals surface area (Å²) in [5, 5.41) is 0. The molecule has 0 saturated carbocycles. The molecule has 0 bridgehead atoms. The van der Waals surface area contributed by atoms with E-state index < -0.39 is 10.0 Å². The molecule has 0 spiro atoms. The van der Waals surface area contributed by atoms with Gasteiger partial charge in [0.2, 0.25) is 10.0 Å². The number of sulfonamides is 1. The fourth-order valence-corrected chi connectivity index (χ4v) is 3.50. The molecule has 4 heteroatoms. The fourth-order valence-electron chi connectivity index (χ4n) is 1.66. The van der Waals surface area contributed by atoms with Crippen LogP contribution in [0.4, 0.5) is 0 Å². The molecule has 0 aromatic rings. The second kappa shape index (κ2) is 5.12. The summed E-state index contributed by atoms with van der Waals surface area (Å²) in [7, 11) is -2.95. The minimum Gasteiger partial charge on any atom is -0.212 e. The third-order valence-corrected chi connectivity index (χ3v) is 4.57. The monoisotopic (exact) mass is 219 g/mol. The Labute approximate surface area is 87.5 Å². The molecule has 1 heterocycles. The predicted octanol–water partition coefficient (Wildman–Crippen LogP) is 1.85. The van der Waals surface area contributed by atoms with Gasteiger partial charge in [0.25, 0.3) is 0 Å². The maximum Gasteiger partial charge on any atom is 0.214 e. The largest absolute Gasteiger partial charge is 0.214 e. The van der Waals surface area contributed by atoms with Crippen molar-refractivity contribution in [3.05, 3.63) is 0 Å². The molecule has 84 valence electrons. The van der Waals surface area contributed by atoms with E-state index in [0.717, 1.165) is 32.4 Å². The standard InChI is InChI=1S/C10H21NO2S/c1-10(2)6-9-14(12,13)11-7-4-3-5-8-11/h10H,3-9H2,1-2H3. The van der Waals surface area contributed by atoms with Crippen molar-refractivity contribution in [2.24, 2.45) is 5.92 Å². The molecule has 1 aliphatic heterocycles. The molecular formula is C10H21NO2S. The molecule has 0 aromatic carbocycles. The minimum atomic E-state index is -2.95. The van der Waals surface area contributed by atoms with Crippen molar-refractivity contribution in [2.75, 3.05) is 18.8 Å². The molecule has 0 atom stereocenters. The molecule has 0 radical (unpaired) electrons. The summed E-state index contributed by atoms with van der Waals surface area (Å²) in [4.78, 5) is 0. The summed E-state index contributed by atoms with van der Waals surface area (Å²) in [5.74, 6) is 0.791. The van der Waals surface area contributed by atoms with E-state index in [1.807, 2.05) is 0 Å². The Morgan fingerprint density at radius 3 is 2.21 bits per heavy atom. The lowest BCUT2D eigenvalue weighted by atomic mass is 10.2. The van der Waals surface area contributed by atoms with Crippen LogP contribution in [0.3, 0.4) is 0 Å². The van der Waals surface area contributed by atoms with Crippen molar-refractivity contribution >= 4 is 10.0 Å². The summed E-state index contributed by atoms with van der Waals surface area (Å²) in [6.07, 6.45) is 4.01. The first-order valence-electron chi connectivity index (χ1n) is 5.50. The van der Waals surface area contributed by atoms with Gasteiger partial charge < -0.3 is 0 Å². The number of hydrogen-bond donors (Lipinski definition) is 0. The summed E-state index contributed by atoms with van der Waals surface area (Å²) >= 11 is 0. The second-order valence-corrected chi connectivity index (χ2v) is 6.55. The summed E-state index contributed by atoms with van der Waals surface area (Å²) in [6.45, 7) is 5.60. The predicted molar refractivity (Wildman–Crippen MR) is 58.7 cm³/mol. The molecule has 0 N–H and O–H groups in total. The van der Waals surface area contributed by atoms with Crippen molar-refractivity contribution < 1.29 is 8.42 Å². The molecule has 0 amide bonds. The Bertz CT molecular complexity index is 253. The van der Waals surface area contributed by atoms with Crippen LogP contribution in [0.15, 0.2) is 0 Å². The van der Waals surface area contributed by atoms with Crippen LogP contribution >= 0.6 is 0 Å². The zero-order valence-electron chi connectivity index (χ0n) is 9.20. The van der Waals surface area contributed by atoms with Crippen LogP contribution in [0.2, 0.25) is 0 Å². The summed E-state index contributed by atoms with van der Waals surface area (Å²) < 4.78 is 25.3. The highest BCUT2D eigenvalue weighted by atomic mass is 32.2. The normalized spacial score (nSPS) is 20.2. The van der Waals surface area contributed by atoms with Crippen LogP contribution in [0, 0.1) is 5.92 Å². The van der Waals surface area contributed by atoms with Gasteiger partial charge in [-0.25, -0.2) is 12.7 Å². The first kappa shape index (κ1) is 12.0. The Morgan fingerprint density at radius 1 is 1.14 bits per heavy atom. The van der Waals surface area contributed by atoms with Gasteiger partial charge in [-0.3, -0.25) is 0 Å². The van der Waals surface area contributed by atoms with E-state index in [1.165, 1.54) is 6.42 Å². The van der Waals surface area contributed by atoms with Crippen molar-refractivity contribution in [1.29, 1.82) is 0 Å². The lowest BCUT2D eigenvalue weighted by Gasteiger charge is -2.26. The van der Waals surface area contributed by atoms with Gasteiger partial charge in [-0.05, 0) is 25.2 Å². The highest BCUT2D eigenvalue weighted by Gasteiger charge is 2.23. The van der Waals surface area contributed by atoms with E-state index in [4.69, 9.17) is 0 Å². The lowest BCUT2D eigenvalue weighted by Crippen LogP contribution is -2.37. The molecule has 1 rings (SSSR count). The quantitative estimate of drug-likeness (QED) is 0.723. The fraction of sp³-hybridized carbons (Fsp3) is 1.00. The van der Waals surface area contributed by atoms with Crippen LogP contribution in [0.1, 0.15) is 39.5 Å². The zero-order chi connectivity index (χ0) is 10.6. The number of hydrogen-bond acceptors (Lipinski definition) is 2. The molecule has 1 fully saturated rings. The van der Waals surface area contributed by atoms with E-state index in [1.54, 1.807) is 4.31 Å². The Hall–Kier alpha value is -0.0900. The summed E-state index contributed by atoms with van der Waals surface area (Å²) in [6, 6.07) is 0. The third-order valence-electron chi connectivity index (χ3n) is 2.66. The number of piperidine rings is 1. The zero-order valence-corrected chi connectivity index (χ0v) is 10.0. The van der Waals surface area contributed by atoms with E-state index in [2.05, 4.69) is 13.8 Å². The molecular weight excluding hydrogens is 198 g/mol. The Kier molecular flexibility index (Phi) is 4.38. The molecule has 0 aliphatic carbocycles. The highest BCUT2D eigenvalue weighted by molar-refractivity contribution is 7.89. The van der Waals surface area contributed by atoms with Gasteiger partial charge >= 0.3 is 0 Å². The van der Waals surface area contributed by atoms with Crippen LogP contribution in [0.25, 0.3) is 0 Å². The van der Waals surface area contributed by atoms with Gasteiger partial charge in [0.15, 0.2) is 0 Å². The van der Waals surface area contributed by atoms with Crippen molar-refractivity contribution in [3.63, 3.8) is 0 Å². The molecule has 1 aliphatic rings. The number of rotatable bonds is 4. The highest BCUT2D eigenvalue weighted by Crippen LogP contribution is 2.15. The third kappa shape index (κ3) is 3.58. The first-order chi connectivity index (χ1) is 6.52. The van der Waals surface area contributed by atoms with Gasteiger partial charge in [-0.15, -0.1) is 0 Å². The van der Waals surface area contributed by atoms with E-state index in [9.17, 15) is 8.42 Å². The maximum atomic E-state index is 11.8. The summed E-state index contributed by atoms with van der Waals surface area (Å²) in [5.41, 5.74) is 0. The minimum absolute atomic E-state index is 0.324. The SMILES string of the molecule is CC(C)CCS(=O)(=O)N1CCCCC1. The molecule has 0 unspecified atom stereocenters. The number of nitrogens with zero attached hydrogens (tertiary/aromatic N) is 1. The lowest BCUT2D eigenvalue weighted by molar-refractivity contribution is 0.345. The van der Waals surface area contributed by atoms with Crippen LogP contribution in [0.5, 0.6) is 0 Å². The van der Waals surface area contributed by atoms with E-state index in [0.29, 0.717) is 11.7 Å². The molecule has 0 aromatic heterocycles. The second-order valence-electron chi connectivity index (χ2n) is 4.46. The van der Waals surface area contributed by atoms with Gasteiger partial charge in [-0.2, -0.15) is 0 Å². The average Bonchev–Trinajstić information content (AvgIpc) is 2.16. The topological polar surface area (TPSA) is 37.4 Å². The Morgan fingerprint density at radius 2 is 1.71 bits per heavy atom. The van der Waals surface area contributed by atoms with Crippen molar-refractivity contribution in [3.8, 4) is 0 Å². The van der Waals surface area contributed by atoms with E-state index >= 15 is 0 Å². The van der Waals surface area contributed by atoms with Crippen LogP contribution in [-0.2, 0) is 10.0 Å². The Balaban J connectivity index is 2.46. The van der Waals surface area contributed by atoms with Crippen molar-refractivity contribution in [2.45, 2.75) is 39.5 Å². The van der Waals surface area contributed by atoms with Crippen LogP contribution in [-0.4, -0.2) is 31.6 Å². The maximum absolute atomic E-state index is 11.8. The van der Waals surface area contributed by atoms with E-state index in [-0.39, 0.29) is 0 Å². The van der Waals surface area contributed by atoms with Gasteiger partial charge in [0.1, 0.15) is 0 Å². The van der Waals surface area contributed by atoms with Gasteiger partial charge in [0, 0.05) is 13.1 Å². The average molecular weight is 219 g/mol. The van der Waals surface area contributed by atoms with Gasteiger partial charge in [-0.1, -0.05) is 20.3 Å². The first-order valence-corrected chi connectivity index (χ1v) is 7.11. The molecule has 14 heavy (non-hydrogen) atoms. The van der Waals surface area contributed by atoms with Crippen LogP contribution < -0.4 is 0 Å². The van der Waals surface area contributed by atoms with Crippen molar-refractivity contribution in [1.82, 2.24) is 4.31 Å².